The lowest BCUT2D eigenvalue weighted by Gasteiger charge is -2.25. The van der Waals surface area contributed by atoms with E-state index < -0.39 is 11.5 Å². The van der Waals surface area contributed by atoms with E-state index in [1.807, 2.05) is 30.3 Å². The van der Waals surface area contributed by atoms with Crippen LogP contribution < -0.4 is 5.32 Å². The Bertz CT molecular complexity index is 702. The summed E-state index contributed by atoms with van der Waals surface area (Å²) in [5.74, 6) is -1.25. The number of nitrogens with one attached hydrogen (secondary N) is 1. The highest BCUT2D eigenvalue weighted by molar-refractivity contribution is 6.01. The smallest absolute Gasteiger partial charge is 0.329 e. The number of hydrogen-bond donors (Lipinski definition) is 2. The third-order valence-corrected chi connectivity index (χ3v) is 4.23. The first-order valence-corrected chi connectivity index (χ1v) is 7.15. The fourth-order valence-corrected chi connectivity index (χ4v) is 2.99. The highest BCUT2D eigenvalue weighted by atomic mass is 16.4. The molecular weight excluding hydrogens is 266 g/mol. The number of rotatable bonds is 3. The van der Waals surface area contributed by atoms with Crippen LogP contribution in [-0.2, 0) is 4.79 Å². The van der Waals surface area contributed by atoms with E-state index in [1.54, 1.807) is 12.1 Å². The van der Waals surface area contributed by atoms with Crippen LogP contribution in [-0.4, -0.2) is 22.5 Å². The van der Waals surface area contributed by atoms with Gasteiger partial charge in [0.15, 0.2) is 0 Å². The number of benzene rings is 2. The summed E-state index contributed by atoms with van der Waals surface area (Å²) in [6.07, 6.45) is 2.68. The lowest BCUT2D eigenvalue weighted by molar-refractivity contribution is -0.144. The largest absolute Gasteiger partial charge is 0.480 e. The van der Waals surface area contributed by atoms with Gasteiger partial charge in [-0.15, -0.1) is 0 Å². The zero-order valence-corrected chi connectivity index (χ0v) is 11.6. The molecular formula is C17H17NO3. The van der Waals surface area contributed by atoms with Crippen molar-refractivity contribution in [2.75, 3.05) is 0 Å². The van der Waals surface area contributed by atoms with Crippen molar-refractivity contribution >= 4 is 22.6 Å². The van der Waals surface area contributed by atoms with Gasteiger partial charge in [0.25, 0.3) is 5.91 Å². The second-order valence-electron chi connectivity index (χ2n) is 5.61. The quantitative estimate of drug-likeness (QED) is 0.910. The number of carboxylic acids is 1. The molecule has 0 saturated heterocycles. The van der Waals surface area contributed by atoms with Crippen molar-refractivity contribution in [3.05, 3.63) is 48.0 Å². The van der Waals surface area contributed by atoms with Crippen LogP contribution in [0.25, 0.3) is 10.8 Å². The molecule has 2 aromatic rings. The molecule has 108 valence electrons. The molecule has 0 bridgehead atoms. The Labute approximate surface area is 122 Å². The predicted octanol–water partition coefficient (Wildman–Crippen LogP) is 2.97. The standard InChI is InChI=1S/C17H17NO3/c19-15(18-17(16(20)21)9-3-4-10-17)14-8-7-12-5-1-2-6-13(12)11-14/h1-2,5-8,11H,3-4,9-10H2,(H,18,19)(H,20,21). The Hall–Kier alpha value is -2.36. The van der Waals surface area contributed by atoms with E-state index in [2.05, 4.69) is 5.32 Å². The maximum atomic E-state index is 12.4. The predicted molar refractivity (Wildman–Crippen MR) is 80.2 cm³/mol. The Morgan fingerprint density at radius 3 is 2.33 bits per heavy atom. The van der Waals surface area contributed by atoms with Crippen LogP contribution in [0.3, 0.4) is 0 Å². The maximum Gasteiger partial charge on any atom is 0.329 e. The van der Waals surface area contributed by atoms with Crippen LogP contribution in [0.2, 0.25) is 0 Å². The number of fused-ring (bicyclic) bond motifs is 1. The van der Waals surface area contributed by atoms with Crippen molar-refractivity contribution in [3.8, 4) is 0 Å². The van der Waals surface area contributed by atoms with Crippen LogP contribution in [0.4, 0.5) is 0 Å². The normalized spacial score (nSPS) is 16.8. The van der Waals surface area contributed by atoms with Crippen molar-refractivity contribution in [2.24, 2.45) is 0 Å². The lowest BCUT2D eigenvalue weighted by atomic mass is 9.97. The first-order valence-electron chi connectivity index (χ1n) is 7.15. The minimum atomic E-state index is -1.09. The molecule has 1 amide bonds. The SMILES string of the molecule is O=C(NC1(C(=O)O)CCCC1)c1ccc2ccccc2c1. The number of carbonyl (C=O) groups is 2. The molecule has 3 rings (SSSR count). The number of carbonyl (C=O) groups excluding carboxylic acids is 1. The zero-order valence-electron chi connectivity index (χ0n) is 11.6. The van der Waals surface area contributed by atoms with Gasteiger partial charge in [0.1, 0.15) is 5.54 Å². The monoisotopic (exact) mass is 283 g/mol. The van der Waals surface area contributed by atoms with Gasteiger partial charge in [-0.05, 0) is 35.7 Å². The summed E-state index contributed by atoms with van der Waals surface area (Å²) in [6.45, 7) is 0. The maximum absolute atomic E-state index is 12.4. The van der Waals surface area contributed by atoms with E-state index in [9.17, 15) is 14.7 Å². The van der Waals surface area contributed by atoms with Crippen LogP contribution in [0.5, 0.6) is 0 Å². The van der Waals surface area contributed by atoms with E-state index in [4.69, 9.17) is 0 Å². The van der Waals surface area contributed by atoms with Crippen molar-refractivity contribution < 1.29 is 14.7 Å². The van der Waals surface area contributed by atoms with Crippen LogP contribution in [0.1, 0.15) is 36.0 Å². The van der Waals surface area contributed by atoms with Crippen molar-refractivity contribution in [3.63, 3.8) is 0 Å². The van der Waals surface area contributed by atoms with Gasteiger partial charge >= 0.3 is 5.97 Å². The molecule has 0 heterocycles. The van der Waals surface area contributed by atoms with E-state index in [-0.39, 0.29) is 5.91 Å². The van der Waals surface area contributed by atoms with Gasteiger partial charge < -0.3 is 10.4 Å². The van der Waals surface area contributed by atoms with Gasteiger partial charge in [0.2, 0.25) is 0 Å². The van der Waals surface area contributed by atoms with Gasteiger partial charge in [-0.1, -0.05) is 43.2 Å². The summed E-state index contributed by atoms with van der Waals surface area (Å²) >= 11 is 0. The molecule has 0 aromatic heterocycles. The zero-order chi connectivity index (χ0) is 14.9. The molecule has 0 spiro atoms. The molecule has 0 aliphatic heterocycles. The summed E-state index contributed by atoms with van der Waals surface area (Å²) in [5.41, 5.74) is -0.593. The van der Waals surface area contributed by atoms with E-state index in [0.29, 0.717) is 18.4 Å². The topological polar surface area (TPSA) is 66.4 Å². The summed E-state index contributed by atoms with van der Waals surface area (Å²) in [6, 6.07) is 13.2. The number of amides is 1. The number of hydrogen-bond acceptors (Lipinski definition) is 2. The highest BCUT2D eigenvalue weighted by Gasteiger charge is 2.42. The summed E-state index contributed by atoms with van der Waals surface area (Å²) in [5, 5.41) is 14.2. The Kier molecular flexibility index (Phi) is 3.37. The molecule has 2 aromatic carbocycles. The lowest BCUT2D eigenvalue weighted by Crippen LogP contribution is -2.52. The molecule has 1 fully saturated rings. The first-order chi connectivity index (χ1) is 10.1. The van der Waals surface area contributed by atoms with Crippen molar-refractivity contribution in [2.45, 2.75) is 31.2 Å². The average molecular weight is 283 g/mol. The molecule has 21 heavy (non-hydrogen) atoms. The minimum absolute atomic E-state index is 0.315. The fraction of sp³-hybridized carbons (Fsp3) is 0.294. The fourth-order valence-electron chi connectivity index (χ4n) is 2.99. The molecule has 1 aliphatic rings. The van der Waals surface area contributed by atoms with Crippen molar-refractivity contribution in [1.29, 1.82) is 0 Å². The van der Waals surface area contributed by atoms with Gasteiger partial charge in [-0.25, -0.2) is 4.79 Å². The molecule has 0 atom stereocenters. The van der Waals surface area contributed by atoms with Crippen LogP contribution in [0, 0.1) is 0 Å². The second-order valence-corrected chi connectivity index (χ2v) is 5.61. The van der Waals surface area contributed by atoms with E-state index >= 15 is 0 Å². The molecule has 1 aliphatic carbocycles. The molecule has 2 N–H and O–H groups in total. The average Bonchev–Trinajstić information content (AvgIpc) is 2.96. The Balaban J connectivity index is 1.88. The second kappa shape index (κ2) is 5.20. The minimum Gasteiger partial charge on any atom is -0.480 e. The number of carboxylic acid groups (broad SMARTS) is 1. The summed E-state index contributed by atoms with van der Waals surface area (Å²) in [7, 11) is 0. The van der Waals surface area contributed by atoms with Gasteiger partial charge in [-0.2, -0.15) is 0 Å². The number of aliphatic carboxylic acids is 1. The summed E-state index contributed by atoms with van der Waals surface area (Å²) in [4.78, 5) is 23.9. The highest BCUT2D eigenvalue weighted by Crippen LogP contribution is 2.30. The third-order valence-electron chi connectivity index (χ3n) is 4.23. The third kappa shape index (κ3) is 2.49. The van der Waals surface area contributed by atoms with Gasteiger partial charge in [0.05, 0.1) is 0 Å². The van der Waals surface area contributed by atoms with Crippen LogP contribution in [0.15, 0.2) is 42.5 Å². The first kappa shape index (κ1) is 13.6. The van der Waals surface area contributed by atoms with Crippen molar-refractivity contribution in [1.82, 2.24) is 5.32 Å². The summed E-state index contributed by atoms with van der Waals surface area (Å²) < 4.78 is 0. The molecule has 0 unspecified atom stereocenters. The van der Waals surface area contributed by atoms with Gasteiger partial charge in [-0.3, -0.25) is 4.79 Å². The molecule has 4 heteroatoms. The van der Waals surface area contributed by atoms with E-state index in [1.165, 1.54) is 0 Å². The Morgan fingerprint density at radius 2 is 1.67 bits per heavy atom. The Morgan fingerprint density at radius 1 is 1.00 bits per heavy atom. The molecule has 1 saturated carbocycles. The molecule has 4 nitrogen and oxygen atoms in total. The van der Waals surface area contributed by atoms with Gasteiger partial charge in [0, 0.05) is 5.56 Å². The molecule has 0 radical (unpaired) electrons. The van der Waals surface area contributed by atoms with Crippen LogP contribution >= 0.6 is 0 Å². The van der Waals surface area contributed by atoms with E-state index in [0.717, 1.165) is 23.6 Å².